The summed E-state index contributed by atoms with van der Waals surface area (Å²) in [7, 11) is -3.64. The van der Waals surface area contributed by atoms with Gasteiger partial charge in [-0.2, -0.15) is 5.10 Å². The van der Waals surface area contributed by atoms with Crippen LogP contribution in [0, 0.1) is 0 Å². The molecule has 0 aliphatic heterocycles. The average molecular weight is 416 g/mol. The number of carbonyl (C=O) groups is 1. The van der Waals surface area contributed by atoms with Crippen LogP contribution in [0.3, 0.4) is 0 Å². The van der Waals surface area contributed by atoms with Gasteiger partial charge in [-0.3, -0.25) is 9.10 Å². The van der Waals surface area contributed by atoms with Crippen LogP contribution in [0.5, 0.6) is 0 Å². The Balaban J connectivity index is 2.11. The van der Waals surface area contributed by atoms with E-state index in [2.05, 4.69) is 36.5 Å². The van der Waals surface area contributed by atoms with Crippen molar-refractivity contribution in [1.82, 2.24) is 5.43 Å². The van der Waals surface area contributed by atoms with Crippen molar-refractivity contribution in [2.75, 3.05) is 10.6 Å². The number of nitrogens with zero attached hydrogens (tertiary/aromatic N) is 2. The number of carbonyl (C=O) groups excluding carboxylic acids is 1. The van der Waals surface area contributed by atoms with Crippen molar-refractivity contribution in [3.05, 3.63) is 66.2 Å². The summed E-state index contributed by atoms with van der Waals surface area (Å²) in [5, 5.41) is 4.21. The van der Waals surface area contributed by atoms with Gasteiger partial charge in [0.05, 0.1) is 11.9 Å². The highest BCUT2D eigenvalue weighted by molar-refractivity contribution is 7.92. The third-order valence-electron chi connectivity index (χ3n) is 4.71. The second-order valence-corrected chi connectivity index (χ2v) is 9.68. The van der Waals surface area contributed by atoms with Crippen LogP contribution in [0.15, 0.2) is 65.8 Å². The number of benzene rings is 2. The Morgan fingerprint density at radius 3 is 2.10 bits per heavy atom. The van der Waals surface area contributed by atoms with Gasteiger partial charge in [-0.1, -0.05) is 62.4 Å². The molecule has 0 radical (unpaired) electrons. The largest absolute Gasteiger partial charge is 0.271 e. The Morgan fingerprint density at radius 1 is 1.07 bits per heavy atom. The van der Waals surface area contributed by atoms with E-state index in [4.69, 9.17) is 0 Å². The SMILES string of the molecule is C/C(CC(C)(C)c1ccccc1)=N/NC(=O)[C@@H](C)N(c1ccccc1)S(C)(=O)=O. The van der Waals surface area contributed by atoms with Crippen molar-refractivity contribution in [2.45, 2.75) is 45.6 Å². The number of hydrogen-bond acceptors (Lipinski definition) is 4. The van der Waals surface area contributed by atoms with Crippen LogP contribution in [0.1, 0.15) is 39.7 Å². The van der Waals surface area contributed by atoms with E-state index in [1.54, 1.807) is 37.3 Å². The van der Waals surface area contributed by atoms with E-state index in [0.29, 0.717) is 12.1 Å². The molecule has 0 fully saturated rings. The number of nitrogens with one attached hydrogen (secondary N) is 1. The van der Waals surface area contributed by atoms with E-state index < -0.39 is 22.0 Å². The Bertz CT molecular complexity index is 955. The number of anilines is 1. The number of para-hydroxylation sites is 1. The molecule has 2 aromatic rings. The summed E-state index contributed by atoms with van der Waals surface area (Å²) in [6, 6.07) is 17.7. The molecule has 1 atom stereocenters. The molecule has 6 nitrogen and oxygen atoms in total. The molecule has 2 rings (SSSR count). The Hall–Kier alpha value is -2.67. The first kappa shape index (κ1) is 22.6. The van der Waals surface area contributed by atoms with E-state index in [1.807, 2.05) is 25.1 Å². The van der Waals surface area contributed by atoms with Crippen LogP contribution in [-0.4, -0.2) is 32.3 Å². The number of amides is 1. The lowest BCUT2D eigenvalue weighted by atomic mass is 9.80. The number of sulfonamides is 1. The molecule has 0 spiro atoms. The lowest BCUT2D eigenvalue weighted by molar-refractivity contribution is -0.121. The zero-order valence-corrected chi connectivity index (χ0v) is 18.4. The van der Waals surface area contributed by atoms with Crippen molar-refractivity contribution in [3.8, 4) is 0 Å². The van der Waals surface area contributed by atoms with Crippen molar-refractivity contribution < 1.29 is 13.2 Å². The van der Waals surface area contributed by atoms with Crippen molar-refractivity contribution in [2.24, 2.45) is 5.10 Å². The summed E-state index contributed by atoms with van der Waals surface area (Å²) in [6.07, 6.45) is 1.74. The maximum Gasteiger partial charge on any atom is 0.263 e. The van der Waals surface area contributed by atoms with Crippen molar-refractivity contribution >= 4 is 27.3 Å². The van der Waals surface area contributed by atoms with Crippen LogP contribution in [-0.2, 0) is 20.2 Å². The van der Waals surface area contributed by atoms with Gasteiger partial charge in [0.1, 0.15) is 6.04 Å². The van der Waals surface area contributed by atoms with Gasteiger partial charge in [0.2, 0.25) is 10.0 Å². The highest BCUT2D eigenvalue weighted by Crippen LogP contribution is 2.27. The molecule has 0 unspecified atom stereocenters. The van der Waals surface area contributed by atoms with Gasteiger partial charge >= 0.3 is 0 Å². The van der Waals surface area contributed by atoms with Crippen LogP contribution in [0.4, 0.5) is 5.69 Å². The van der Waals surface area contributed by atoms with Gasteiger partial charge in [0, 0.05) is 5.71 Å². The summed E-state index contributed by atoms with van der Waals surface area (Å²) in [5.74, 6) is -0.490. The molecule has 0 saturated heterocycles. The maximum absolute atomic E-state index is 12.6. The number of hydrazone groups is 1. The zero-order valence-electron chi connectivity index (χ0n) is 17.6. The van der Waals surface area contributed by atoms with Crippen LogP contribution in [0.25, 0.3) is 0 Å². The van der Waals surface area contributed by atoms with Crippen molar-refractivity contribution in [1.29, 1.82) is 0 Å². The molecule has 7 heteroatoms. The van der Waals surface area contributed by atoms with Gasteiger partial charge in [-0.25, -0.2) is 13.8 Å². The third kappa shape index (κ3) is 6.15. The lowest BCUT2D eigenvalue weighted by Gasteiger charge is -2.28. The second-order valence-electron chi connectivity index (χ2n) is 7.82. The maximum atomic E-state index is 12.6. The smallest absolute Gasteiger partial charge is 0.263 e. The van der Waals surface area contributed by atoms with Gasteiger partial charge in [-0.05, 0) is 43.4 Å². The summed E-state index contributed by atoms with van der Waals surface area (Å²) in [6.45, 7) is 7.63. The molecule has 0 bridgehead atoms. The molecule has 2 aromatic carbocycles. The zero-order chi connectivity index (χ0) is 21.7. The van der Waals surface area contributed by atoms with Gasteiger partial charge in [0.25, 0.3) is 5.91 Å². The van der Waals surface area contributed by atoms with Gasteiger partial charge < -0.3 is 0 Å². The molecule has 29 heavy (non-hydrogen) atoms. The average Bonchev–Trinajstić information content (AvgIpc) is 2.66. The Morgan fingerprint density at radius 2 is 1.59 bits per heavy atom. The minimum Gasteiger partial charge on any atom is -0.271 e. The fourth-order valence-corrected chi connectivity index (χ4v) is 4.47. The highest BCUT2D eigenvalue weighted by Gasteiger charge is 2.29. The topological polar surface area (TPSA) is 78.8 Å². The third-order valence-corrected chi connectivity index (χ3v) is 5.95. The molecule has 0 aromatic heterocycles. The van der Waals surface area contributed by atoms with E-state index in [-0.39, 0.29) is 5.41 Å². The molecule has 0 aliphatic rings. The first-order valence-corrected chi connectivity index (χ1v) is 11.3. The minimum atomic E-state index is -3.64. The Kier molecular flexibility index (Phi) is 7.19. The molecular weight excluding hydrogens is 386 g/mol. The standard InChI is InChI=1S/C22H29N3O3S/c1-17(16-22(3,4)19-12-8-6-9-13-19)23-24-21(26)18(2)25(29(5,27)28)20-14-10-7-11-15-20/h6-15,18H,16H2,1-5H3,(H,24,26)/b23-17-/t18-/m1/s1. The molecule has 1 amide bonds. The second kappa shape index (κ2) is 9.22. The van der Waals surface area contributed by atoms with E-state index in [9.17, 15) is 13.2 Å². The van der Waals surface area contributed by atoms with E-state index in [0.717, 1.165) is 16.3 Å². The van der Waals surface area contributed by atoms with Crippen LogP contribution < -0.4 is 9.73 Å². The van der Waals surface area contributed by atoms with Crippen LogP contribution >= 0.6 is 0 Å². The summed E-state index contributed by atoms with van der Waals surface area (Å²) < 4.78 is 25.6. The van der Waals surface area contributed by atoms with E-state index in [1.165, 1.54) is 5.56 Å². The first-order chi connectivity index (χ1) is 13.5. The number of rotatable bonds is 8. The van der Waals surface area contributed by atoms with Crippen molar-refractivity contribution in [3.63, 3.8) is 0 Å². The highest BCUT2D eigenvalue weighted by atomic mass is 32.2. The monoisotopic (exact) mass is 415 g/mol. The molecule has 1 N–H and O–H groups in total. The molecule has 0 saturated carbocycles. The number of hydrogen-bond donors (Lipinski definition) is 1. The van der Waals surface area contributed by atoms with Gasteiger partial charge in [0.15, 0.2) is 0 Å². The van der Waals surface area contributed by atoms with Crippen LogP contribution in [0.2, 0.25) is 0 Å². The fraction of sp³-hybridized carbons (Fsp3) is 0.364. The predicted molar refractivity (Wildman–Crippen MR) is 119 cm³/mol. The summed E-state index contributed by atoms with van der Waals surface area (Å²) in [5.41, 5.74) is 4.75. The normalized spacial score (nSPS) is 13.6. The lowest BCUT2D eigenvalue weighted by Crippen LogP contribution is -2.47. The van der Waals surface area contributed by atoms with E-state index >= 15 is 0 Å². The predicted octanol–water partition coefficient (Wildman–Crippen LogP) is 3.70. The minimum absolute atomic E-state index is 0.145. The summed E-state index contributed by atoms with van der Waals surface area (Å²) >= 11 is 0. The molecule has 0 heterocycles. The molecular formula is C22H29N3O3S. The first-order valence-electron chi connectivity index (χ1n) is 9.45. The van der Waals surface area contributed by atoms with Gasteiger partial charge in [-0.15, -0.1) is 0 Å². The fourth-order valence-electron chi connectivity index (χ4n) is 3.30. The molecule has 0 aliphatic carbocycles. The quantitative estimate of drug-likeness (QED) is 0.527. The Labute approximate surface area is 173 Å². The molecule has 156 valence electrons. The summed E-state index contributed by atoms with van der Waals surface area (Å²) in [4.78, 5) is 12.6.